The number of likely N-dealkylation sites (tertiary alicyclic amines) is 1. The Balaban J connectivity index is 1.55. The van der Waals surface area contributed by atoms with E-state index in [9.17, 15) is 4.79 Å². The summed E-state index contributed by atoms with van der Waals surface area (Å²) in [5, 5.41) is 0. The molecule has 2 heterocycles. The zero-order valence-corrected chi connectivity index (χ0v) is 13.3. The number of aromatic nitrogens is 1. The van der Waals surface area contributed by atoms with Crippen LogP contribution in [0.2, 0.25) is 0 Å². The van der Waals surface area contributed by atoms with Crippen molar-refractivity contribution in [1.29, 1.82) is 0 Å². The van der Waals surface area contributed by atoms with E-state index in [1.807, 2.05) is 84.0 Å². The molecule has 0 bridgehead atoms. The van der Waals surface area contributed by atoms with Crippen LogP contribution in [-0.2, 0) is 0 Å². The summed E-state index contributed by atoms with van der Waals surface area (Å²) in [7, 11) is 0. The van der Waals surface area contributed by atoms with E-state index in [4.69, 9.17) is 0 Å². The summed E-state index contributed by atoms with van der Waals surface area (Å²) in [6.45, 7) is 1.54. The van der Waals surface area contributed by atoms with Gasteiger partial charge in [-0.1, -0.05) is 48.5 Å². The Morgan fingerprint density at radius 3 is 2.29 bits per heavy atom. The van der Waals surface area contributed by atoms with Crippen LogP contribution in [0.25, 0.3) is 11.1 Å². The Kier molecular flexibility index (Phi) is 3.83. The van der Waals surface area contributed by atoms with Crippen LogP contribution < -0.4 is 0 Å². The molecule has 1 aliphatic heterocycles. The number of amides is 1. The SMILES string of the molecule is O=C(c1ccccc1-c1ccccc1)N1CC(c2ccncc2)C1. The molecule has 2 aromatic carbocycles. The molecule has 3 nitrogen and oxygen atoms in total. The van der Waals surface area contributed by atoms with Gasteiger partial charge in [0, 0.05) is 37.0 Å². The zero-order chi connectivity index (χ0) is 16.4. The molecular formula is C21H18N2O. The minimum absolute atomic E-state index is 0.111. The molecule has 1 fully saturated rings. The van der Waals surface area contributed by atoms with E-state index < -0.39 is 0 Å². The number of carbonyl (C=O) groups excluding carboxylic acids is 1. The van der Waals surface area contributed by atoms with Gasteiger partial charge < -0.3 is 4.90 Å². The predicted molar refractivity (Wildman–Crippen MR) is 94.8 cm³/mol. The fourth-order valence-corrected chi connectivity index (χ4v) is 3.20. The number of hydrogen-bond acceptors (Lipinski definition) is 2. The second kappa shape index (κ2) is 6.28. The Labute approximate surface area is 141 Å². The lowest BCUT2D eigenvalue weighted by Gasteiger charge is -2.40. The molecule has 1 amide bonds. The highest BCUT2D eigenvalue weighted by molar-refractivity contribution is 6.01. The van der Waals surface area contributed by atoms with Crippen LogP contribution >= 0.6 is 0 Å². The molecule has 118 valence electrons. The Bertz CT molecular complexity index is 840. The molecule has 0 spiro atoms. The highest BCUT2D eigenvalue weighted by atomic mass is 16.2. The maximum absolute atomic E-state index is 12.9. The van der Waals surface area contributed by atoms with E-state index in [0.29, 0.717) is 5.92 Å². The molecule has 0 saturated carbocycles. The maximum Gasteiger partial charge on any atom is 0.254 e. The summed E-state index contributed by atoms with van der Waals surface area (Å²) in [5.41, 5.74) is 4.10. The maximum atomic E-state index is 12.9. The average molecular weight is 314 g/mol. The molecule has 0 unspecified atom stereocenters. The van der Waals surface area contributed by atoms with E-state index in [1.54, 1.807) is 0 Å². The molecule has 0 radical (unpaired) electrons. The minimum atomic E-state index is 0.111. The fraction of sp³-hybridized carbons (Fsp3) is 0.143. The standard InChI is InChI=1S/C21H18N2O/c24-21(23-14-18(15-23)16-10-12-22-13-11-16)20-9-5-4-8-19(20)17-6-2-1-3-7-17/h1-13,18H,14-15H2. The van der Waals surface area contributed by atoms with Gasteiger partial charge in [0.25, 0.3) is 5.91 Å². The second-order valence-electron chi connectivity index (χ2n) is 6.10. The van der Waals surface area contributed by atoms with Gasteiger partial charge in [0.05, 0.1) is 0 Å². The first-order chi connectivity index (χ1) is 11.8. The third-order valence-electron chi connectivity index (χ3n) is 4.59. The largest absolute Gasteiger partial charge is 0.337 e. The Morgan fingerprint density at radius 2 is 1.54 bits per heavy atom. The topological polar surface area (TPSA) is 33.2 Å². The first-order valence-electron chi connectivity index (χ1n) is 8.16. The smallest absolute Gasteiger partial charge is 0.254 e. The number of pyridine rings is 1. The van der Waals surface area contributed by atoms with Gasteiger partial charge in [-0.15, -0.1) is 0 Å². The lowest BCUT2D eigenvalue weighted by molar-refractivity contribution is 0.0603. The van der Waals surface area contributed by atoms with Crippen LogP contribution in [0, 0.1) is 0 Å². The summed E-state index contributed by atoms with van der Waals surface area (Å²) < 4.78 is 0. The molecule has 1 aliphatic rings. The molecular weight excluding hydrogens is 296 g/mol. The normalized spacial score (nSPS) is 14.2. The quantitative estimate of drug-likeness (QED) is 0.732. The molecule has 3 heteroatoms. The molecule has 0 aliphatic carbocycles. The van der Waals surface area contributed by atoms with Gasteiger partial charge in [0.15, 0.2) is 0 Å². The van der Waals surface area contributed by atoms with Crippen LogP contribution in [0.1, 0.15) is 21.8 Å². The second-order valence-corrected chi connectivity index (χ2v) is 6.10. The van der Waals surface area contributed by atoms with Gasteiger partial charge in [-0.3, -0.25) is 9.78 Å². The fourth-order valence-electron chi connectivity index (χ4n) is 3.20. The number of benzene rings is 2. The number of rotatable bonds is 3. The third-order valence-corrected chi connectivity index (χ3v) is 4.59. The van der Waals surface area contributed by atoms with E-state index >= 15 is 0 Å². The van der Waals surface area contributed by atoms with Crippen molar-refractivity contribution in [2.24, 2.45) is 0 Å². The van der Waals surface area contributed by atoms with Gasteiger partial charge in [-0.05, 0) is 34.9 Å². The lowest BCUT2D eigenvalue weighted by atomic mass is 9.90. The van der Waals surface area contributed by atoms with Gasteiger partial charge in [-0.2, -0.15) is 0 Å². The molecule has 24 heavy (non-hydrogen) atoms. The summed E-state index contributed by atoms with van der Waals surface area (Å²) in [5.74, 6) is 0.528. The Hall–Kier alpha value is -2.94. The van der Waals surface area contributed by atoms with E-state index in [-0.39, 0.29) is 5.91 Å². The number of hydrogen-bond donors (Lipinski definition) is 0. The molecule has 1 aromatic heterocycles. The van der Waals surface area contributed by atoms with Crippen LogP contribution in [0.3, 0.4) is 0 Å². The van der Waals surface area contributed by atoms with Crippen molar-refractivity contribution in [3.63, 3.8) is 0 Å². The summed E-state index contributed by atoms with van der Waals surface area (Å²) in [4.78, 5) is 18.9. The van der Waals surface area contributed by atoms with Crippen molar-refractivity contribution in [1.82, 2.24) is 9.88 Å². The molecule has 0 atom stereocenters. The number of carbonyl (C=O) groups is 1. The summed E-state index contributed by atoms with van der Waals surface area (Å²) >= 11 is 0. The number of nitrogens with zero attached hydrogens (tertiary/aromatic N) is 2. The van der Waals surface area contributed by atoms with Crippen LogP contribution in [0.5, 0.6) is 0 Å². The summed E-state index contributed by atoms with van der Waals surface area (Å²) in [6, 6.07) is 22.0. The summed E-state index contributed by atoms with van der Waals surface area (Å²) in [6.07, 6.45) is 3.62. The Morgan fingerprint density at radius 1 is 0.875 bits per heavy atom. The molecule has 0 N–H and O–H groups in total. The van der Waals surface area contributed by atoms with Gasteiger partial charge in [0.1, 0.15) is 0 Å². The molecule has 1 saturated heterocycles. The predicted octanol–water partition coefficient (Wildman–Crippen LogP) is 3.99. The lowest BCUT2D eigenvalue weighted by Crippen LogP contribution is -2.48. The third kappa shape index (κ3) is 2.69. The first kappa shape index (κ1) is 14.6. The van der Waals surface area contributed by atoms with Crippen LogP contribution in [-0.4, -0.2) is 28.9 Å². The van der Waals surface area contributed by atoms with Crippen molar-refractivity contribution in [3.8, 4) is 11.1 Å². The van der Waals surface area contributed by atoms with Crippen molar-refractivity contribution in [2.75, 3.05) is 13.1 Å². The molecule has 4 rings (SSSR count). The van der Waals surface area contributed by atoms with E-state index in [0.717, 1.165) is 29.8 Å². The average Bonchev–Trinajstić information content (AvgIpc) is 2.62. The van der Waals surface area contributed by atoms with Crippen molar-refractivity contribution < 1.29 is 4.79 Å². The van der Waals surface area contributed by atoms with E-state index in [2.05, 4.69) is 4.98 Å². The zero-order valence-electron chi connectivity index (χ0n) is 13.3. The van der Waals surface area contributed by atoms with Gasteiger partial charge in [0.2, 0.25) is 0 Å². The van der Waals surface area contributed by atoms with Crippen molar-refractivity contribution in [2.45, 2.75) is 5.92 Å². The molecule has 3 aromatic rings. The van der Waals surface area contributed by atoms with Gasteiger partial charge in [-0.25, -0.2) is 0 Å². The first-order valence-corrected chi connectivity index (χ1v) is 8.16. The van der Waals surface area contributed by atoms with Crippen molar-refractivity contribution >= 4 is 5.91 Å². The van der Waals surface area contributed by atoms with Crippen LogP contribution in [0.4, 0.5) is 0 Å². The van der Waals surface area contributed by atoms with Gasteiger partial charge >= 0.3 is 0 Å². The van der Waals surface area contributed by atoms with Crippen molar-refractivity contribution in [3.05, 3.63) is 90.3 Å². The van der Waals surface area contributed by atoms with E-state index in [1.165, 1.54) is 5.56 Å². The highest BCUT2D eigenvalue weighted by Gasteiger charge is 2.32. The van der Waals surface area contributed by atoms with Crippen LogP contribution in [0.15, 0.2) is 79.1 Å². The highest BCUT2D eigenvalue weighted by Crippen LogP contribution is 2.30. The minimum Gasteiger partial charge on any atom is -0.337 e. The monoisotopic (exact) mass is 314 g/mol.